The molecule has 0 bridgehead atoms. The molecule has 0 aliphatic carbocycles. The third kappa shape index (κ3) is 2.78. The molecular formula is C23H16O7. The number of ether oxygens (including phenoxy) is 2. The molecule has 1 aliphatic heterocycles. The molecule has 2 aromatic heterocycles. The third-order valence-electron chi connectivity index (χ3n) is 5.17. The maximum Gasteiger partial charge on any atom is 0.380 e. The van der Waals surface area contributed by atoms with Gasteiger partial charge in [0.1, 0.15) is 29.1 Å². The van der Waals surface area contributed by atoms with E-state index < -0.39 is 17.2 Å². The Kier molecular flexibility index (Phi) is 3.83. The van der Waals surface area contributed by atoms with Crippen LogP contribution < -0.4 is 15.8 Å². The summed E-state index contributed by atoms with van der Waals surface area (Å²) in [4.78, 5) is 37.1. The van der Waals surface area contributed by atoms with Crippen molar-refractivity contribution < 1.29 is 23.1 Å². The van der Waals surface area contributed by atoms with Crippen molar-refractivity contribution in [1.82, 2.24) is 0 Å². The number of carbonyl (C=O) groups is 1. The van der Waals surface area contributed by atoms with E-state index >= 15 is 0 Å². The normalized spacial score (nSPS) is 19.0. The number of esters is 1. The maximum absolute atomic E-state index is 13.1. The van der Waals surface area contributed by atoms with Gasteiger partial charge in [0.05, 0.1) is 10.8 Å². The van der Waals surface area contributed by atoms with Crippen LogP contribution in [0.4, 0.5) is 0 Å². The average molecular weight is 404 g/mol. The monoisotopic (exact) mass is 404 g/mol. The van der Waals surface area contributed by atoms with E-state index in [4.69, 9.17) is 18.3 Å². The van der Waals surface area contributed by atoms with E-state index in [1.165, 1.54) is 6.07 Å². The number of para-hydroxylation sites is 1. The first-order valence-electron chi connectivity index (χ1n) is 9.31. The quantitative estimate of drug-likeness (QED) is 0.169. The van der Waals surface area contributed by atoms with Crippen molar-refractivity contribution in [3.8, 4) is 5.75 Å². The number of rotatable bonds is 3. The zero-order valence-corrected chi connectivity index (χ0v) is 16.0. The van der Waals surface area contributed by atoms with Crippen LogP contribution in [0.5, 0.6) is 5.75 Å². The Bertz CT molecular complexity index is 1470. The lowest BCUT2D eigenvalue weighted by molar-refractivity contribution is -0.147. The molecule has 5 rings (SSSR count). The molecule has 7 nitrogen and oxygen atoms in total. The van der Waals surface area contributed by atoms with E-state index in [1.807, 2.05) is 0 Å². The van der Waals surface area contributed by atoms with Crippen LogP contribution in [0.1, 0.15) is 13.3 Å². The van der Waals surface area contributed by atoms with Crippen molar-refractivity contribution >= 4 is 38.9 Å². The molecule has 1 unspecified atom stereocenters. The van der Waals surface area contributed by atoms with Gasteiger partial charge in [-0.3, -0.25) is 4.79 Å². The molecule has 150 valence electrons. The van der Waals surface area contributed by atoms with Crippen LogP contribution in [0.2, 0.25) is 0 Å². The zero-order valence-electron chi connectivity index (χ0n) is 16.0. The highest BCUT2D eigenvalue weighted by Crippen LogP contribution is 2.31. The van der Waals surface area contributed by atoms with Crippen LogP contribution >= 0.6 is 0 Å². The molecule has 1 atom stereocenters. The van der Waals surface area contributed by atoms with Crippen molar-refractivity contribution in [2.24, 2.45) is 0 Å². The molecule has 0 saturated carbocycles. The molecule has 0 N–H and O–H groups in total. The van der Waals surface area contributed by atoms with Gasteiger partial charge < -0.3 is 18.3 Å². The van der Waals surface area contributed by atoms with Crippen LogP contribution in [-0.2, 0) is 9.53 Å². The molecule has 1 fully saturated rings. The van der Waals surface area contributed by atoms with Gasteiger partial charge in [-0.15, -0.1) is 0 Å². The maximum atomic E-state index is 13.1. The molecule has 2 aromatic carbocycles. The third-order valence-corrected chi connectivity index (χ3v) is 5.17. The van der Waals surface area contributed by atoms with Crippen molar-refractivity contribution in [1.29, 1.82) is 0 Å². The number of hydrogen-bond donors (Lipinski definition) is 0. The predicted molar refractivity (Wildman–Crippen MR) is 110 cm³/mol. The second-order valence-electron chi connectivity index (χ2n) is 7.59. The van der Waals surface area contributed by atoms with E-state index in [9.17, 15) is 14.4 Å². The van der Waals surface area contributed by atoms with Crippen LogP contribution in [0, 0.1) is 0 Å². The zero-order chi connectivity index (χ0) is 21.0. The van der Waals surface area contributed by atoms with E-state index in [1.54, 1.807) is 43.3 Å². The summed E-state index contributed by atoms with van der Waals surface area (Å²) >= 11 is 0. The lowest BCUT2D eigenvalue weighted by atomic mass is 10.0. The first-order valence-corrected chi connectivity index (χ1v) is 9.31. The SMILES string of the molecule is C=C1CC(C)(COc2ccc3c(=O)c4c(oc3c2)c(=O)oc2ccccc24)OC1=O. The molecule has 3 heterocycles. The second kappa shape index (κ2) is 6.32. The molecule has 7 heteroatoms. The van der Waals surface area contributed by atoms with Crippen LogP contribution in [0.15, 0.2) is 73.0 Å². The Balaban J connectivity index is 1.59. The Morgan fingerprint density at radius 3 is 2.60 bits per heavy atom. The lowest BCUT2D eigenvalue weighted by Gasteiger charge is -2.22. The molecule has 30 heavy (non-hydrogen) atoms. The van der Waals surface area contributed by atoms with E-state index in [0.717, 1.165) is 0 Å². The van der Waals surface area contributed by atoms with Gasteiger partial charge in [0.25, 0.3) is 0 Å². The number of carbonyl (C=O) groups excluding carboxylic acids is 1. The topological polar surface area (TPSA) is 96.0 Å². The summed E-state index contributed by atoms with van der Waals surface area (Å²) < 4.78 is 22.1. The summed E-state index contributed by atoms with van der Waals surface area (Å²) in [6, 6.07) is 11.6. The molecular weight excluding hydrogens is 388 g/mol. The molecule has 0 radical (unpaired) electrons. The van der Waals surface area contributed by atoms with Gasteiger partial charge in [-0.1, -0.05) is 24.8 Å². The highest BCUT2D eigenvalue weighted by atomic mass is 16.6. The number of hydrogen-bond acceptors (Lipinski definition) is 7. The predicted octanol–water partition coefficient (Wildman–Crippen LogP) is 3.69. The van der Waals surface area contributed by atoms with Gasteiger partial charge in [0, 0.05) is 23.4 Å². The van der Waals surface area contributed by atoms with Gasteiger partial charge in [0.15, 0.2) is 0 Å². The van der Waals surface area contributed by atoms with Crippen LogP contribution in [-0.4, -0.2) is 18.2 Å². The molecule has 1 aliphatic rings. The molecule has 1 saturated heterocycles. The molecule has 0 amide bonds. The fourth-order valence-corrected chi connectivity index (χ4v) is 3.73. The minimum absolute atomic E-state index is 0.105. The van der Waals surface area contributed by atoms with Gasteiger partial charge in [-0.2, -0.15) is 0 Å². The first kappa shape index (κ1) is 18.2. The Hall–Kier alpha value is -3.87. The summed E-state index contributed by atoms with van der Waals surface area (Å²) in [5, 5.41) is 1.02. The minimum Gasteiger partial charge on any atom is -0.489 e. The lowest BCUT2D eigenvalue weighted by Crippen LogP contribution is -2.32. The first-order chi connectivity index (χ1) is 14.3. The van der Waals surface area contributed by atoms with Crippen molar-refractivity contribution in [2.75, 3.05) is 6.61 Å². The minimum atomic E-state index is -0.812. The van der Waals surface area contributed by atoms with Gasteiger partial charge >= 0.3 is 11.6 Å². The van der Waals surface area contributed by atoms with Gasteiger partial charge in [-0.25, -0.2) is 9.59 Å². The van der Waals surface area contributed by atoms with E-state index in [0.29, 0.717) is 34.1 Å². The van der Waals surface area contributed by atoms with Crippen LogP contribution in [0.3, 0.4) is 0 Å². The summed E-state index contributed by atoms with van der Waals surface area (Å²) in [5.41, 5.74) is -1.08. The van der Waals surface area contributed by atoms with Gasteiger partial charge in [-0.05, 0) is 25.1 Å². The summed E-state index contributed by atoms with van der Waals surface area (Å²) in [5.74, 6) is -0.0269. The summed E-state index contributed by atoms with van der Waals surface area (Å²) in [6.07, 6.45) is 0.368. The number of benzene rings is 2. The highest BCUT2D eigenvalue weighted by Gasteiger charge is 2.39. The average Bonchev–Trinajstić information content (AvgIpc) is 2.98. The second-order valence-corrected chi connectivity index (χ2v) is 7.59. The summed E-state index contributed by atoms with van der Waals surface area (Å²) in [6.45, 7) is 5.54. The number of cyclic esters (lactones) is 1. The summed E-state index contributed by atoms with van der Waals surface area (Å²) in [7, 11) is 0. The largest absolute Gasteiger partial charge is 0.489 e. The Morgan fingerprint density at radius 1 is 1.03 bits per heavy atom. The van der Waals surface area contributed by atoms with E-state index in [-0.39, 0.29) is 28.6 Å². The van der Waals surface area contributed by atoms with Crippen molar-refractivity contribution in [2.45, 2.75) is 18.9 Å². The van der Waals surface area contributed by atoms with E-state index in [2.05, 4.69) is 6.58 Å². The Morgan fingerprint density at radius 2 is 1.83 bits per heavy atom. The molecule has 0 spiro atoms. The Labute approximate surface area is 169 Å². The fourth-order valence-electron chi connectivity index (χ4n) is 3.73. The standard InChI is InChI=1S/C23H16O7/c1-12-10-23(2,30-21(12)25)11-27-13-7-8-15-17(9-13)28-20-18(19(15)24)14-5-3-4-6-16(14)29-22(20)26/h3-9H,1,10-11H2,2H3. The molecule has 4 aromatic rings. The van der Waals surface area contributed by atoms with Gasteiger partial charge in [0.2, 0.25) is 11.0 Å². The van der Waals surface area contributed by atoms with Crippen molar-refractivity contribution in [3.05, 3.63) is 75.3 Å². The van der Waals surface area contributed by atoms with Crippen LogP contribution in [0.25, 0.3) is 32.9 Å². The smallest absolute Gasteiger partial charge is 0.380 e. The fraction of sp³-hybridized carbons (Fsp3) is 0.174. The number of fused-ring (bicyclic) bond motifs is 4. The van der Waals surface area contributed by atoms with Crippen molar-refractivity contribution in [3.63, 3.8) is 0 Å². The highest BCUT2D eigenvalue weighted by molar-refractivity contribution is 6.05.